The van der Waals surface area contributed by atoms with Crippen LogP contribution in [0.5, 0.6) is 5.75 Å². The van der Waals surface area contributed by atoms with Gasteiger partial charge in [0.2, 0.25) is 5.91 Å². The fourth-order valence-electron chi connectivity index (χ4n) is 2.36. The highest BCUT2D eigenvalue weighted by atomic mass is 32.1. The normalized spacial score (nSPS) is 10.7. The Morgan fingerprint density at radius 1 is 1.26 bits per heavy atom. The molecule has 0 aliphatic heterocycles. The third kappa shape index (κ3) is 4.56. The third-order valence-electron chi connectivity index (χ3n) is 3.64. The number of nitrogens with zero attached hydrogens (tertiary/aromatic N) is 2. The minimum Gasteiger partial charge on any atom is -0.496 e. The average Bonchev–Trinajstić information content (AvgIpc) is 3.15. The minimum atomic E-state index is -0.457. The Hall–Kier alpha value is -3.52. The second-order valence-corrected chi connectivity index (χ2v) is 6.27. The molecule has 1 N–H and O–H groups in total. The summed E-state index contributed by atoms with van der Waals surface area (Å²) >= 11 is 1.24. The Kier molecular flexibility index (Phi) is 5.58. The van der Waals surface area contributed by atoms with Crippen LogP contribution >= 0.6 is 11.3 Å². The van der Waals surface area contributed by atoms with Gasteiger partial charge >= 0.3 is 0 Å². The molecular weight excluding hydrogens is 366 g/mol. The van der Waals surface area contributed by atoms with Crippen molar-refractivity contribution in [3.63, 3.8) is 0 Å². The van der Waals surface area contributed by atoms with E-state index in [0.29, 0.717) is 22.1 Å². The smallest absolute Gasteiger partial charge is 0.270 e. The molecule has 2 aromatic carbocycles. The lowest BCUT2D eigenvalue weighted by Gasteiger charge is -2.03. The molecule has 0 aliphatic rings. The average molecular weight is 381 g/mol. The van der Waals surface area contributed by atoms with Crippen LogP contribution in [0, 0.1) is 10.1 Å². The molecule has 136 valence electrons. The second kappa shape index (κ2) is 8.24. The molecule has 0 bridgehead atoms. The number of methoxy groups -OCH3 is 1. The van der Waals surface area contributed by atoms with Gasteiger partial charge in [-0.25, -0.2) is 4.98 Å². The summed E-state index contributed by atoms with van der Waals surface area (Å²) in [5.74, 6) is 0.338. The molecule has 3 aromatic rings. The van der Waals surface area contributed by atoms with Gasteiger partial charge in [0.25, 0.3) is 5.69 Å². The maximum absolute atomic E-state index is 12.1. The molecule has 0 fully saturated rings. The van der Waals surface area contributed by atoms with Crippen LogP contribution in [0.2, 0.25) is 0 Å². The van der Waals surface area contributed by atoms with Crippen molar-refractivity contribution < 1.29 is 14.5 Å². The Labute approximate surface area is 159 Å². The summed E-state index contributed by atoms with van der Waals surface area (Å²) in [6.45, 7) is 0. The monoisotopic (exact) mass is 381 g/mol. The summed E-state index contributed by atoms with van der Waals surface area (Å²) < 4.78 is 5.23. The van der Waals surface area contributed by atoms with E-state index in [1.807, 2.05) is 24.3 Å². The first-order valence-corrected chi connectivity index (χ1v) is 8.77. The van der Waals surface area contributed by atoms with Crippen LogP contribution in [0.1, 0.15) is 5.56 Å². The van der Waals surface area contributed by atoms with Crippen molar-refractivity contribution in [3.05, 3.63) is 75.7 Å². The second-order valence-electron chi connectivity index (χ2n) is 5.41. The van der Waals surface area contributed by atoms with E-state index in [1.54, 1.807) is 30.7 Å². The molecule has 1 heterocycles. The molecule has 1 aromatic heterocycles. The third-order valence-corrected chi connectivity index (χ3v) is 4.40. The predicted octanol–water partition coefficient (Wildman–Crippen LogP) is 4.38. The van der Waals surface area contributed by atoms with Crippen LogP contribution in [-0.2, 0) is 4.79 Å². The number of aromatic nitrogens is 1. The number of hydrogen-bond donors (Lipinski definition) is 1. The molecule has 0 spiro atoms. The van der Waals surface area contributed by atoms with Crippen molar-refractivity contribution in [1.29, 1.82) is 0 Å². The van der Waals surface area contributed by atoms with Gasteiger partial charge < -0.3 is 4.74 Å². The summed E-state index contributed by atoms with van der Waals surface area (Å²) in [7, 11) is 1.57. The predicted molar refractivity (Wildman–Crippen MR) is 105 cm³/mol. The lowest BCUT2D eigenvalue weighted by molar-refractivity contribution is -0.384. The first kappa shape index (κ1) is 18.3. The van der Waals surface area contributed by atoms with E-state index in [-0.39, 0.29) is 11.6 Å². The summed E-state index contributed by atoms with van der Waals surface area (Å²) in [6, 6.07) is 13.5. The minimum absolute atomic E-state index is 0.00849. The van der Waals surface area contributed by atoms with Crippen molar-refractivity contribution in [2.75, 3.05) is 12.4 Å². The van der Waals surface area contributed by atoms with E-state index in [2.05, 4.69) is 10.3 Å². The summed E-state index contributed by atoms with van der Waals surface area (Å²) in [4.78, 5) is 26.9. The highest BCUT2D eigenvalue weighted by Gasteiger charge is 2.11. The van der Waals surface area contributed by atoms with E-state index in [0.717, 1.165) is 5.56 Å². The maximum Gasteiger partial charge on any atom is 0.270 e. The number of nitrogens with one attached hydrogen (secondary N) is 1. The molecule has 0 saturated carbocycles. The Bertz CT molecular complexity index is 1010. The molecule has 7 nitrogen and oxygen atoms in total. The zero-order valence-corrected chi connectivity index (χ0v) is 15.1. The number of hydrogen-bond acceptors (Lipinski definition) is 6. The molecule has 0 saturated heterocycles. The van der Waals surface area contributed by atoms with Gasteiger partial charge in [0.05, 0.1) is 17.7 Å². The van der Waals surface area contributed by atoms with E-state index in [4.69, 9.17) is 4.74 Å². The Morgan fingerprint density at radius 3 is 2.85 bits per heavy atom. The number of carbonyl (C=O) groups is 1. The number of para-hydroxylation sites is 1. The number of non-ortho nitro benzene ring substituents is 1. The van der Waals surface area contributed by atoms with Gasteiger partial charge in [-0.3, -0.25) is 20.2 Å². The van der Waals surface area contributed by atoms with Crippen molar-refractivity contribution in [1.82, 2.24) is 4.98 Å². The lowest BCUT2D eigenvalue weighted by atomic mass is 10.1. The number of anilines is 1. The Morgan fingerprint density at radius 2 is 2.07 bits per heavy atom. The molecule has 0 atom stereocenters. The van der Waals surface area contributed by atoms with Crippen molar-refractivity contribution in [2.24, 2.45) is 0 Å². The fraction of sp³-hybridized carbons (Fsp3) is 0.0526. The van der Waals surface area contributed by atoms with Crippen molar-refractivity contribution in [3.8, 4) is 17.0 Å². The molecule has 3 rings (SSSR count). The first-order chi connectivity index (χ1) is 13.1. The van der Waals surface area contributed by atoms with Crippen LogP contribution in [0.3, 0.4) is 0 Å². The number of nitro groups is 1. The quantitative estimate of drug-likeness (QED) is 0.388. The number of thiazole rings is 1. The zero-order valence-electron chi connectivity index (χ0n) is 14.3. The molecule has 0 unspecified atom stereocenters. The highest BCUT2D eigenvalue weighted by Crippen LogP contribution is 2.27. The lowest BCUT2D eigenvalue weighted by Crippen LogP contribution is -2.07. The SMILES string of the molecule is COc1ccccc1C=CC(=O)Nc1nc(-c2cccc([N+](=O)[O-])c2)cs1. The molecule has 0 radical (unpaired) electrons. The van der Waals surface area contributed by atoms with Gasteiger partial charge in [0.1, 0.15) is 5.75 Å². The fourth-order valence-corrected chi connectivity index (χ4v) is 3.08. The van der Waals surface area contributed by atoms with E-state index >= 15 is 0 Å². The molecule has 0 aliphatic carbocycles. The molecular formula is C19H15N3O4S. The van der Waals surface area contributed by atoms with E-state index < -0.39 is 4.92 Å². The summed E-state index contributed by atoms with van der Waals surface area (Å²) in [6.07, 6.45) is 3.05. The van der Waals surface area contributed by atoms with Crippen LogP contribution in [0.4, 0.5) is 10.8 Å². The standard InChI is InChI=1S/C19H15N3O4S/c1-26-17-8-3-2-5-13(17)9-10-18(23)21-19-20-16(12-27-19)14-6-4-7-15(11-14)22(24)25/h2-12H,1H3,(H,20,21,23). The largest absolute Gasteiger partial charge is 0.496 e. The van der Waals surface area contributed by atoms with Crippen molar-refractivity contribution in [2.45, 2.75) is 0 Å². The van der Waals surface area contributed by atoms with Crippen LogP contribution in [0.25, 0.3) is 17.3 Å². The van der Waals surface area contributed by atoms with Gasteiger partial charge in [-0.1, -0.05) is 30.3 Å². The van der Waals surface area contributed by atoms with Crippen LogP contribution < -0.4 is 10.1 Å². The molecule has 27 heavy (non-hydrogen) atoms. The number of amides is 1. The number of benzene rings is 2. The van der Waals surface area contributed by atoms with Crippen molar-refractivity contribution >= 4 is 34.1 Å². The number of ether oxygens (including phenoxy) is 1. The van der Waals surface area contributed by atoms with Gasteiger partial charge in [-0.05, 0) is 12.1 Å². The van der Waals surface area contributed by atoms with Gasteiger partial charge in [-0.15, -0.1) is 11.3 Å². The number of rotatable bonds is 6. The zero-order chi connectivity index (χ0) is 19.2. The summed E-state index contributed by atoms with van der Waals surface area (Å²) in [5, 5.41) is 15.7. The molecule has 8 heteroatoms. The molecule has 1 amide bonds. The Balaban J connectivity index is 1.70. The van der Waals surface area contributed by atoms with Gasteiger partial charge in [0.15, 0.2) is 5.13 Å². The van der Waals surface area contributed by atoms with E-state index in [1.165, 1.54) is 29.5 Å². The van der Waals surface area contributed by atoms with E-state index in [9.17, 15) is 14.9 Å². The highest BCUT2D eigenvalue weighted by molar-refractivity contribution is 7.14. The maximum atomic E-state index is 12.1. The number of carbonyl (C=O) groups excluding carboxylic acids is 1. The number of nitro benzene ring substituents is 1. The topological polar surface area (TPSA) is 94.4 Å². The van der Waals surface area contributed by atoms with Crippen LogP contribution in [-0.4, -0.2) is 22.9 Å². The van der Waals surface area contributed by atoms with Crippen LogP contribution in [0.15, 0.2) is 60.0 Å². The van der Waals surface area contributed by atoms with Gasteiger partial charge in [0, 0.05) is 34.7 Å². The first-order valence-electron chi connectivity index (χ1n) is 7.89. The summed E-state index contributed by atoms with van der Waals surface area (Å²) in [5.41, 5.74) is 1.95. The van der Waals surface area contributed by atoms with Gasteiger partial charge in [-0.2, -0.15) is 0 Å².